The fourth-order valence-corrected chi connectivity index (χ4v) is 5.10. The maximum atomic E-state index is 13.3. The van der Waals surface area contributed by atoms with Gasteiger partial charge in [-0.25, -0.2) is 0 Å². The predicted molar refractivity (Wildman–Crippen MR) is 98.7 cm³/mol. The van der Waals surface area contributed by atoms with Crippen molar-refractivity contribution in [1.82, 2.24) is 15.1 Å². The van der Waals surface area contributed by atoms with E-state index >= 15 is 0 Å². The summed E-state index contributed by atoms with van der Waals surface area (Å²) in [6.45, 7) is 4.36. The molecule has 3 saturated heterocycles. The molecule has 7 nitrogen and oxygen atoms in total. The van der Waals surface area contributed by atoms with Crippen molar-refractivity contribution in [2.24, 2.45) is 11.8 Å². The van der Waals surface area contributed by atoms with Crippen LogP contribution in [0, 0.1) is 11.8 Å². The molecule has 4 aliphatic rings. The summed E-state index contributed by atoms with van der Waals surface area (Å²) in [6, 6.07) is 0. The fourth-order valence-electron chi connectivity index (χ4n) is 5.10. The number of likely N-dealkylation sites (tertiary alicyclic amines) is 2. The summed E-state index contributed by atoms with van der Waals surface area (Å²) in [7, 11) is 0. The summed E-state index contributed by atoms with van der Waals surface area (Å²) in [5.74, 6) is -0.884. The largest absolute Gasteiger partial charge is 0.360 e. The van der Waals surface area contributed by atoms with Gasteiger partial charge in [0.25, 0.3) is 0 Å². The van der Waals surface area contributed by atoms with E-state index in [-0.39, 0.29) is 23.8 Å². The number of nitrogens with zero attached hydrogens (tertiary/aromatic N) is 2. The maximum absolute atomic E-state index is 13.3. The van der Waals surface area contributed by atoms with Crippen LogP contribution in [-0.2, 0) is 19.1 Å². The van der Waals surface area contributed by atoms with Crippen molar-refractivity contribution in [2.45, 2.75) is 50.7 Å². The molecule has 0 aromatic rings. The second-order valence-electron chi connectivity index (χ2n) is 8.24. The molecular formula is C20H29N3O4. The number of hydrogen-bond donors (Lipinski definition) is 1. The highest BCUT2D eigenvalue weighted by Gasteiger charge is 2.67. The Bertz CT molecular complexity index is 656. The zero-order valence-electron chi connectivity index (χ0n) is 16.0. The zero-order chi connectivity index (χ0) is 19.0. The van der Waals surface area contributed by atoms with Crippen molar-refractivity contribution in [1.29, 1.82) is 0 Å². The second-order valence-corrected chi connectivity index (χ2v) is 8.24. The molecule has 4 rings (SSSR count). The number of ether oxygens (including phenoxy) is 1. The van der Waals surface area contributed by atoms with Gasteiger partial charge in [0, 0.05) is 33.1 Å². The van der Waals surface area contributed by atoms with Crippen LogP contribution in [0.25, 0.3) is 0 Å². The van der Waals surface area contributed by atoms with Gasteiger partial charge in [-0.2, -0.15) is 0 Å². The van der Waals surface area contributed by atoms with E-state index in [9.17, 15) is 14.4 Å². The summed E-state index contributed by atoms with van der Waals surface area (Å²) >= 11 is 0. The van der Waals surface area contributed by atoms with Crippen LogP contribution in [0.4, 0.5) is 0 Å². The number of nitrogens with one attached hydrogen (secondary N) is 1. The first-order chi connectivity index (χ1) is 13.0. The van der Waals surface area contributed by atoms with Gasteiger partial charge in [-0.15, -0.1) is 0 Å². The van der Waals surface area contributed by atoms with Crippen molar-refractivity contribution in [3.63, 3.8) is 0 Å². The lowest BCUT2D eigenvalue weighted by Gasteiger charge is -2.31. The average Bonchev–Trinajstić information content (AvgIpc) is 3.22. The summed E-state index contributed by atoms with van der Waals surface area (Å²) in [4.78, 5) is 41.2. The first kappa shape index (κ1) is 18.5. The Morgan fingerprint density at radius 1 is 1.22 bits per heavy atom. The molecule has 2 unspecified atom stereocenters. The minimum absolute atomic E-state index is 0.0161. The summed E-state index contributed by atoms with van der Waals surface area (Å²) in [5.41, 5.74) is -0.666. The van der Waals surface area contributed by atoms with Crippen LogP contribution in [-0.4, -0.2) is 72.0 Å². The number of rotatable bonds is 4. The van der Waals surface area contributed by atoms with Crippen molar-refractivity contribution >= 4 is 17.7 Å². The zero-order valence-corrected chi connectivity index (χ0v) is 16.0. The van der Waals surface area contributed by atoms with Crippen LogP contribution in [0.2, 0.25) is 0 Å². The highest BCUT2D eigenvalue weighted by atomic mass is 16.5. The van der Waals surface area contributed by atoms with Crippen molar-refractivity contribution in [3.8, 4) is 0 Å². The molecule has 3 fully saturated rings. The van der Waals surface area contributed by atoms with Crippen LogP contribution in [0.3, 0.4) is 0 Å². The van der Waals surface area contributed by atoms with Gasteiger partial charge in [-0.05, 0) is 12.8 Å². The number of carbonyl (C=O) groups is 3. The van der Waals surface area contributed by atoms with E-state index in [1.807, 2.05) is 17.1 Å². The van der Waals surface area contributed by atoms with Gasteiger partial charge in [0.2, 0.25) is 17.7 Å². The fraction of sp³-hybridized carbons (Fsp3) is 0.750. The molecule has 4 atom stereocenters. The standard InChI is InChI=1S/C20H29N3O4/c1-14(24)21-9-12-23-13-20-8-7-15(27-20)16(17(20)19(23)26)18(25)22-10-5-3-2-4-6-11-22/h7-8,15-17H,2-6,9-13H2,1H3,(H,21,24)/t15-,16?,17?,20-/m1/s1. The lowest BCUT2D eigenvalue weighted by Crippen LogP contribution is -2.47. The molecule has 0 aromatic carbocycles. The molecule has 1 spiro atoms. The molecule has 4 aliphatic heterocycles. The van der Waals surface area contributed by atoms with E-state index in [1.165, 1.54) is 13.3 Å². The Morgan fingerprint density at radius 2 is 1.93 bits per heavy atom. The summed E-state index contributed by atoms with van der Waals surface area (Å²) in [6.07, 6.45) is 9.31. The molecule has 0 aliphatic carbocycles. The number of hydrogen-bond acceptors (Lipinski definition) is 4. The average molecular weight is 375 g/mol. The minimum atomic E-state index is -0.666. The number of carbonyl (C=O) groups excluding carboxylic acids is 3. The Hall–Kier alpha value is -1.89. The Balaban J connectivity index is 1.48. The lowest BCUT2D eigenvalue weighted by molar-refractivity contribution is -0.143. The van der Waals surface area contributed by atoms with Crippen LogP contribution in [0.15, 0.2) is 12.2 Å². The van der Waals surface area contributed by atoms with Crippen LogP contribution < -0.4 is 5.32 Å². The molecule has 7 heteroatoms. The Morgan fingerprint density at radius 3 is 2.63 bits per heavy atom. The molecule has 0 radical (unpaired) electrons. The SMILES string of the molecule is CC(=O)NCCN1C[C@@]23C=C[C@@H](O2)C(C(=O)N2CCCCCCC2)C3C1=O. The molecule has 148 valence electrons. The van der Waals surface area contributed by atoms with Gasteiger partial charge in [-0.1, -0.05) is 31.4 Å². The van der Waals surface area contributed by atoms with E-state index in [0.717, 1.165) is 38.8 Å². The molecule has 3 amide bonds. The van der Waals surface area contributed by atoms with E-state index in [4.69, 9.17) is 4.74 Å². The normalized spacial score (nSPS) is 35.1. The third-order valence-corrected chi connectivity index (χ3v) is 6.39. The van der Waals surface area contributed by atoms with Crippen LogP contribution in [0.1, 0.15) is 39.0 Å². The van der Waals surface area contributed by atoms with Crippen molar-refractivity contribution in [2.75, 3.05) is 32.7 Å². The summed E-state index contributed by atoms with van der Waals surface area (Å²) in [5, 5.41) is 2.73. The van der Waals surface area contributed by atoms with E-state index < -0.39 is 17.4 Å². The van der Waals surface area contributed by atoms with Gasteiger partial charge >= 0.3 is 0 Å². The molecular weight excluding hydrogens is 346 g/mol. The molecule has 4 heterocycles. The van der Waals surface area contributed by atoms with Gasteiger partial charge in [0.1, 0.15) is 5.60 Å². The quantitative estimate of drug-likeness (QED) is 0.734. The Labute approximate surface area is 160 Å². The number of amides is 3. The van der Waals surface area contributed by atoms with Crippen molar-refractivity contribution in [3.05, 3.63) is 12.2 Å². The predicted octanol–water partition coefficient (Wildman–Crippen LogP) is 0.697. The minimum Gasteiger partial charge on any atom is -0.360 e. The lowest BCUT2D eigenvalue weighted by atomic mass is 9.76. The summed E-state index contributed by atoms with van der Waals surface area (Å²) < 4.78 is 6.18. The van der Waals surface area contributed by atoms with Gasteiger partial charge < -0.3 is 19.9 Å². The smallest absolute Gasteiger partial charge is 0.230 e. The highest BCUT2D eigenvalue weighted by molar-refractivity contribution is 5.93. The molecule has 0 saturated carbocycles. The number of fused-ring (bicyclic) bond motifs is 1. The topological polar surface area (TPSA) is 79.0 Å². The molecule has 1 N–H and O–H groups in total. The van der Waals surface area contributed by atoms with E-state index in [0.29, 0.717) is 19.6 Å². The van der Waals surface area contributed by atoms with Crippen molar-refractivity contribution < 1.29 is 19.1 Å². The van der Waals surface area contributed by atoms with Gasteiger partial charge in [0.15, 0.2) is 0 Å². The highest BCUT2D eigenvalue weighted by Crippen LogP contribution is 2.52. The Kier molecular flexibility index (Phi) is 4.97. The first-order valence-corrected chi connectivity index (χ1v) is 10.2. The third kappa shape index (κ3) is 3.26. The van der Waals surface area contributed by atoms with Crippen LogP contribution in [0.5, 0.6) is 0 Å². The van der Waals surface area contributed by atoms with Crippen LogP contribution >= 0.6 is 0 Å². The third-order valence-electron chi connectivity index (χ3n) is 6.39. The maximum Gasteiger partial charge on any atom is 0.230 e. The van der Waals surface area contributed by atoms with Gasteiger partial charge in [-0.3, -0.25) is 14.4 Å². The second kappa shape index (κ2) is 7.26. The molecule has 0 aromatic heterocycles. The van der Waals surface area contributed by atoms with E-state index in [1.54, 1.807) is 4.90 Å². The first-order valence-electron chi connectivity index (χ1n) is 10.2. The van der Waals surface area contributed by atoms with E-state index in [2.05, 4.69) is 5.32 Å². The molecule has 27 heavy (non-hydrogen) atoms. The monoisotopic (exact) mass is 375 g/mol. The molecule has 2 bridgehead atoms. The van der Waals surface area contributed by atoms with Gasteiger partial charge in [0.05, 0.1) is 24.5 Å².